The van der Waals surface area contributed by atoms with E-state index in [4.69, 9.17) is 4.74 Å². The Morgan fingerprint density at radius 3 is 2.67 bits per heavy atom. The minimum atomic E-state index is -0.315. The maximum absolute atomic E-state index is 13.1. The molecule has 0 radical (unpaired) electrons. The largest absolute Gasteiger partial charge is 0.492 e. The van der Waals surface area contributed by atoms with Crippen LogP contribution in [0.3, 0.4) is 0 Å². The first-order valence-corrected chi connectivity index (χ1v) is 6.31. The third kappa shape index (κ3) is 3.88. The van der Waals surface area contributed by atoms with Crippen LogP contribution in [0.5, 0.6) is 5.75 Å². The van der Waals surface area contributed by atoms with E-state index in [1.165, 1.54) is 12.1 Å². The van der Waals surface area contributed by atoms with Gasteiger partial charge in [0.05, 0.1) is 18.9 Å². The fourth-order valence-electron chi connectivity index (χ4n) is 1.52. The lowest BCUT2D eigenvalue weighted by atomic mass is 9.88. The molecule has 0 aromatic heterocycles. The molecule has 4 heteroatoms. The predicted molar refractivity (Wildman–Crippen MR) is 71.5 cm³/mol. The second-order valence-electron chi connectivity index (χ2n) is 4.75. The summed E-state index contributed by atoms with van der Waals surface area (Å²) in [4.78, 5) is 0. The van der Waals surface area contributed by atoms with Crippen molar-refractivity contribution in [1.29, 1.82) is 0 Å². The van der Waals surface area contributed by atoms with Crippen LogP contribution in [0.25, 0.3) is 0 Å². The van der Waals surface area contributed by atoms with Crippen LogP contribution in [-0.2, 0) is 0 Å². The van der Waals surface area contributed by atoms with Crippen LogP contribution in [0.4, 0.5) is 10.1 Å². The summed E-state index contributed by atoms with van der Waals surface area (Å²) in [5.41, 5.74) is 0.573. The normalized spacial score (nSPS) is 14.1. The first-order valence-electron chi connectivity index (χ1n) is 6.31. The van der Waals surface area contributed by atoms with E-state index >= 15 is 0 Å². The SMILES string of the molecule is CCOc1cc(F)ccc1NCC(C)(CC)CO. The van der Waals surface area contributed by atoms with E-state index in [1.54, 1.807) is 6.07 Å². The molecule has 1 rings (SSSR count). The Hall–Kier alpha value is -1.29. The summed E-state index contributed by atoms with van der Waals surface area (Å²) >= 11 is 0. The topological polar surface area (TPSA) is 41.5 Å². The van der Waals surface area contributed by atoms with Gasteiger partial charge in [-0.1, -0.05) is 13.8 Å². The molecule has 0 fully saturated rings. The minimum absolute atomic E-state index is 0.113. The van der Waals surface area contributed by atoms with Gasteiger partial charge in [-0.2, -0.15) is 0 Å². The van der Waals surface area contributed by atoms with E-state index in [2.05, 4.69) is 5.32 Å². The molecule has 0 aliphatic carbocycles. The van der Waals surface area contributed by atoms with Gasteiger partial charge in [0.1, 0.15) is 11.6 Å². The van der Waals surface area contributed by atoms with Gasteiger partial charge in [-0.05, 0) is 25.5 Å². The monoisotopic (exact) mass is 255 g/mol. The van der Waals surface area contributed by atoms with E-state index in [0.717, 1.165) is 12.1 Å². The van der Waals surface area contributed by atoms with Crippen LogP contribution in [-0.4, -0.2) is 24.9 Å². The lowest BCUT2D eigenvalue weighted by Crippen LogP contribution is -2.29. The van der Waals surface area contributed by atoms with Crippen LogP contribution in [0.15, 0.2) is 18.2 Å². The molecule has 0 aliphatic heterocycles. The molecule has 0 bridgehead atoms. The number of ether oxygens (including phenoxy) is 1. The van der Waals surface area contributed by atoms with Crippen molar-refractivity contribution in [3.05, 3.63) is 24.0 Å². The average Bonchev–Trinajstić information content (AvgIpc) is 2.38. The molecule has 2 N–H and O–H groups in total. The van der Waals surface area contributed by atoms with Gasteiger partial charge < -0.3 is 15.2 Å². The number of nitrogens with one attached hydrogen (secondary N) is 1. The highest BCUT2D eigenvalue weighted by atomic mass is 19.1. The number of anilines is 1. The molecular weight excluding hydrogens is 233 g/mol. The standard InChI is InChI=1S/C14H22FNO2/c1-4-14(3,10-17)9-16-12-7-6-11(15)8-13(12)18-5-2/h6-8,16-17H,4-5,9-10H2,1-3H3. The van der Waals surface area contributed by atoms with Crippen molar-refractivity contribution in [2.45, 2.75) is 27.2 Å². The van der Waals surface area contributed by atoms with Crippen LogP contribution in [0.2, 0.25) is 0 Å². The Kier molecular flexibility index (Phi) is 5.41. The Morgan fingerprint density at radius 2 is 2.11 bits per heavy atom. The van der Waals surface area contributed by atoms with Crippen LogP contribution in [0, 0.1) is 11.2 Å². The van der Waals surface area contributed by atoms with Crippen molar-refractivity contribution in [3.63, 3.8) is 0 Å². The highest BCUT2D eigenvalue weighted by molar-refractivity contribution is 5.56. The summed E-state index contributed by atoms with van der Waals surface area (Å²) in [5, 5.41) is 12.6. The maximum Gasteiger partial charge on any atom is 0.145 e. The van der Waals surface area contributed by atoms with Crippen LogP contribution >= 0.6 is 0 Å². The third-order valence-corrected chi connectivity index (χ3v) is 3.18. The number of rotatable bonds is 7. The van der Waals surface area contributed by atoms with E-state index in [1.807, 2.05) is 20.8 Å². The van der Waals surface area contributed by atoms with Gasteiger partial charge in [0.2, 0.25) is 0 Å². The second kappa shape index (κ2) is 6.59. The third-order valence-electron chi connectivity index (χ3n) is 3.18. The number of aliphatic hydroxyl groups is 1. The van der Waals surface area contributed by atoms with Crippen molar-refractivity contribution in [2.75, 3.05) is 25.1 Å². The van der Waals surface area contributed by atoms with Gasteiger partial charge in [0.25, 0.3) is 0 Å². The highest BCUT2D eigenvalue weighted by Crippen LogP contribution is 2.28. The Labute approximate surface area is 108 Å². The van der Waals surface area contributed by atoms with Crippen LogP contribution in [0.1, 0.15) is 27.2 Å². The smallest absolute Gasteiger partial charge is 0.145 e. The molecule has 18 heavy (non-hydrogen) atoms. The van der Waals surface area contributed by atoms with E-state index in [0.29, 0.717) is 18.9 Å². The zero-order chi connectivity index (χ0) is 13.6. The molecule has 0 saturated carbocycles. The van der Waals surface area contributed by atoms with Gasteiger partial charge in [-0.25, -0.2) is 4.39 Å². The summed E-state index contributed by atoms with van der Waals surface area (Å²) < 4.78 is 18.5. The molecule has 1 aromatic rings. The molecule has 1 atom stereocenters. The van der Waals surface area contributed by atoms with E-state index in [9.17, 15) is 9.50 Å². The molecule has 0 spiro atoms. The molecule has 0 heterocycles. The van der Waals surface area contributed by atoms with Crippen LogP contribution < -0.4 is 10.1 Å². The summed E-state index contributed by atoms with van der Waals surface area (Å²) in [6.07, 6.45) is 0.863. The zero-order valence-corrected chi connectivity index (χ0v) is 11.3. The van der Waals surface area contributed by atoms with Gasteiger partial charge in [-0.3, -0.25) is 0 Å². The molecule has 0 amide bonds. The predicted octanol–water partition coefficient (Wildman–Crippen LogP) is 3.04. The van der Waals surface area contributed by atoms with Gasteiger partial charge in [0.15, 0.2) is 0 Å². The lowest BCUT2D eigenvalue weighted by molar-refractivity contribution is 0.149. The fourth-order valence-corrected chi connectivity index (χ4v) is 1.52. The molecule has 1 aromatic carbocycles. The Balaban J connectivity index is 2.77. The quantitative estimate of drug-likeness (QED) is 0.787. The zero-order valence-electron chi connectivity index (χ0n) is 11.3. The molecule has 3 nitrogen and oxygen atoms in total. The van der Waals surface area contributed by atoms with Crippen molar-refractivity contribution in [1.82, 2.24) is 0 Å². The number of aliphatic hydroxyl groups excluding tert-OH is 1. The average molecular weight is 255 g/mol. The van der Waals surface area contributed by atoms with Crippen molar-refractivity contribution in [3.8, 4) is 5.75 Å². The number of halogens is 1. The maximum atomic E-state index is 13.1. The van der Waals surface area contributed by atoms with Gasteiger partial charge >= 0.3 is 0 Å². The first kappa shape index (κ1) is 14.8. The Morgan fingerprint density at radius 1 is 1.39 bits per heavy atom. The highest BCUT2D eigenvalue weighted by Gasteiger charge is 2.21. The number of hydrogen-bond acceptors (Lipinski definition) is 3. The van der Waals surface area contributed by atoms with E-state index in [-0.39, 0.29) is 17.8 Å². The second-order valence-corrected chi connectivity index (χ2v) is 4.75. The molecule has 102 valence electrons. The van der Waals surface area contributed by atoms with Crippen molar-refractivity contribution < 1.29 is 14.2 Å². The fraction of sp³-hybridized carbons (Fsp3) is 0.571. The van der Waals surface area contributed by atoms with E-state index < -0.39 is 0 Å². The number of hydrogen-bond donors (Lipinski definition) is 2. The number of benzene rings is 1. The summed E-state index contributed by atoms with van der Waals surface area (Å²) in [5.74, 6) is 0.193. The Bertz CT molecular complexity index is 378. The molecule has 0 aliphatic rings. The van der Waals surface area contributed by atoms with Crippen molar-refractivity contribution >= 4 is 5.69 Å². The van der Waals surface area contributed by atoms with Gasteiger partial charge in [-0.15, -0.1) is 0 Å². The van der Waals surface area contributed by atoms with Crippen molar-refractivity contribution in [2.24, 2.45) is 5.41 Å². The first-order chi connectivity index (χ1) is 8.54. The minimum Gasteiger partial charge on any atom is -0.492 e. The summed E-state index contributed by atoms with van der Waals surface area (Å²) in [7, 11) is 0. The summed E-state index contributed by atoms with van der Waals surface area (Å²) in [6, 6.07) is 4.43. The summed E-state index contributed by atoms with van der Waals surface area (Å²) in [6.45, 7) is 7.12. The molecule has 1 unspecified atom stereocenters. The molecular formula is C14H22FNO2. The molecule has 0 saturated heterocycles. The lowest BCUT2D eigenvalue weighted by Gasteiger charge is -2.27. The van der Waals surface area contributed by atoms with Gasteiger partial charge in [0, 0.05) is 18.0 Å².